The molecule has 0 aliphatic rings. The van der Waals surface area contributed by atoms with Crippen LogP contribution >= 0.6 is 0 Å². The van der Waals surface area contributed by atoms with Gasteiger partial charge in [0.2, 0.25) is 11.9 Å². The first-order valence-corrected chi connectivity index (χ1v) is 6.95. The highest BCUT2D eigenvalue weighted by Crippen LogP contribution is 2.14. The van der Waals surface area contributed by atoms with Gasteiger partial charge in [-0.1, -0.05) is 13.3 Å². The van der Waals surface area contributed by atoms with Crippen molar-refractivity contribution >= 4 is 11.9 Å². The lowest BCUT2D eigenvalue weighted by Crippen LogP contribution is -2.26. The number of methoxy groups -OCH3 is 1. The van der Waals surface area contributed by atoms with E-state index < -0.39 is 0 Å². The van der Waals surface area contributed by atoms with Gasteiger partial charge < -0.3 is 20.1 Å². The zero-order valence-corrected chi connectivity index (χ0v) is 12.9. The number of nitrogens with one attached hydrogen (secondary N) is 2. The van der Waals surface area contributed by atoms with Crippen LogP contribution in [0.25, 0.3) is 0 Å². The van der Waals surface area contributed by atoms with Gasteiger partial charge in [0.25, 0.3) is 0 Å². The summed E-state index contributed by atoms with van der Waals surface area (Å²) in [5.74, 6) is 0.973. The van der Waals surface area contributed by atoms with Crippen LogP contribution in [-0.4, -0.2) is 47.9 Å². The van der Waals surface area contributed by atoms with Crippen LogP contribution in [0.3, 0.4) is 0 Å². The molecule has 7 heteroatoms. The lowest BCUT2D eigenvalue weighted by molar-refractivity contribution is 0.182. The van der Waals surface area contributed by atoms with Crippen molar-refractivity contribution in [1.29, 1.82) is 0 Å². The summed E-state index contributed by atoms with van der Waals surface area (Å²) in [5.41, 5.74) is 0. The SMILES string of the molecule is CCCC(COC)Nc1nc(NC)nc(OC(C)C)n1. The van der Waals surface area contributed by atoms with E-state index in [0.29, 0.717) is 24.5 Å². The van der Waals surface area contributed by atoms with Gasteiger partial charge in [-0.15, -0.1) is 0 Å². The number of rotatable bonds is 9. The quantitative estimate of drug-likeness (QED) is 0.716. The number of aromatic nitrogens is 3. The van der Waals surface area contributed by atoms with E-state index in [1.54, 1.807) is 14.2 Å². The Bertz CT molecular complexity index is 394. The van der Waals surface area contributed by atoms with Gasteiger partial charge in [0.05, 0.1) is 18.8 Å². The van der Waals surface area contributed by atoms with E-state index in [1.807, 2.05) is 13.8 Å². The Morgan fingerprint density at radius 1 is 1.15 bits per heavy atom. The van der Waals surface area contributed by atoms with Crippen molar-refractivity contribution in [1.82, 2.24) is 15.0 Å². The third kappa shape index (κ3) is 5.56. The maximum atomic E-state index is 5.53. The number of nitrogens with zero attached hydrogens (tertiary/aromatic N) is 3. The van der Waals surface area contributed by atoms with Gasteiger partial charge in [0.15, 0.2) is 0 Å². The first-order valence-electron chi connectivity index (χ1n) is 6.95. The van der Waals surface area contributed by atoms with Crippen LogP contribution in [0.4, 0.5) is 11.9 Å². The molecule has 0 radical (unpaired) electrons. The molecule has 7 nitrogen and oxygen atoms in total. The van der Waals surface area contributed by atoms with Crippen molar-refractivity contribution in [3.8, 4) is 6.01 Å². The fourth-order valence-corrected chi connectivity index (χ4v) is 1.73. The highest BCUT2D eigenvalue weighted by molar-refractivity contribution is 5.36. The predicted octanol–water partition coefficient (Wildman–Crippen LogP) is 1.93. The Labute approximate surface area is 120 Å². The summed E-state index contributed by atoms with van der Waals surface area (Å²) in [6.07, 6.45) is 2.05. The molecular formula is C13H25N5O2. The number of ether oxygens (including phenoxy) is 2. The van der Waals surface area contributed by atoms with Crippen molar-refractivity contribution in [2.45, 2.75) is 45.8 Å². The molecule has 0 spiro atoms. The van der Waals surface area contributed by atoms with E-state index in [9.17, 15) is 0 Å². The molecule has 1 atom stereocenters. The number of hydrogen-bond donors (Lipinski definition) is 2. The van der Waals surface area contributed by atoms with Crippen molar-refractivity contribution < 1.29 is 9.47 Å². The van der Waals surface area contributed by atoms with Crippen LogP contribution < -0.4 is 15.4 Å². The van der Waals surface area contributed by atoms with Gasteiger partial charge in [0, 0.05) is 14.2 Å². The van der Waals surface area contributed by atoms with Gasteiger partial charge >= 0.3 is 6.01 Å². The third-order valence-electron chi connectivity index (χ3n) is 2.52. The van der Waals surface area contributed by atoms with Gasteiger partial charge in [-0.2, -0.15) is 15.0 Å². The lowest BCUT2D eigenvalue weighted by atomic mass is 10.2. The summed E-state index contributed by atoms with van der Waals surface area (Å²) in [5, 5.41) is 6.17. The zero-order chi connectivity index (χ0) is 15.0. The van der Waals surface area contributed by atoms with E-state index >= 15 is 0 Å². The molecule has 1 aromatic rings. The summed E-state index contributed by atoms with van der Waals surface area (Å²) >= 11 is 0. The molecule has 20 heavy (non-hydrogen) atoms. The highest BCUT2D eigenvalue weighted by Gasteiger charge is 2.12. The van der Waals surface area contributed by atoms with Gasteiger partial charge in [-0.3, -0.25) is 0 Å². The summed E-state index contributed by atoms with van der Waals surface area (Å²) in [4.78, 5) is 12.7. The molecule has 0 saturated carbocycles. The van der Waals surface area contributed by atoms with Crippen LogP contribution in [0.5, 0.6) is 6.01 Å². The molecule has 0 aliphatic carbocycles. The van der Waals surface area contributed by atoms with Crippen LogP contribution in [0, 0.1) is 0 Å². The molecule has 1 heterocycles. The monoisotopic (exact) mass is 283 g/mol. The van der Waals surface area contributed by atoms with Gasteiger partial charge in [-0.25, -0.2) is 0 Å². The number of hydrogen-bond acceptors (Lipinski definition) is 7. The highest BCUT2D eigenvalue weighted by atomic mass is 16.5. The van der Waals surface area contributed by atoms with Crippen LogP contribution in [-0.2, 0) is 4.74 Å². The van der Waals surface area contributed by atoms with E-state index in [0.717, 1.165) is 12.8 Å². The van der Waals surface area contributed by atoms with E-state index in [4.69, 9.17) is 9.47 Å². The topological polar surface area (TPSA) is 81.2 Å². The van der Waals surface area contributed by atoms with Crippen molar-refractivity contribution in [3.05, 3.63) is 0 Å². The zero-order valence-electron chi connectivity index (χ0n) is 12.9. The molecular weight excluding hydrogens is 258 g/mol. The minimum atomic E-state index is 0.0142. The van der Waals surface area contributed by atoms with Crippen LogP contribution in [0.15, 0.2) is 0 Å². The van der Waals surface area contributed by atoms with E-state index in [1.165, 1.54) is 0 Å². The molecule has 0 aromatic carbocycles. The van der Waals surface area contributed by atoms with Crippen LogP contribution in [0.1, 0.15) is 33.6 Å². The predicted molar refractivity (Wildman–Crippen MR) is 79.3 cm³/mol. The summed E-state index contributed by atoms with van der Waals surface area (Å²) < 4.78 is 10.7. The Balaban J connectivity index is 2.85. The Kier molecular flexibility index (Phi) is 7.00. The smallest absolute Gasteiger partial charge is 0.323 e. The van der Waals surface area contributed by atoms with E-state index in [2.05, 4.69) is 32.5 Å². The molecule has 114 valence electrons. The summed E-state index contributed by atoms with van der Waals surface area (Å²) in [7, 11) is 3.45. The molecule has 0 amide bonds. The van der Waals surface area contributed by atoms with Crippen LogP contribution in [0.2, 0.25) is 0 Å². The second kappa shape index (κ2) is 8.52. The first kappa shape index (κ1) is 16.4. The third-order valence-corrected chi connectivity index (χ3v) is 2.52. The lowest BCUT2D eigenvalue weighted by Gasteiger charge is -2.18. The Hall–Kier alpha value is -1.63. The second-order valence-corrected chi connectivity index (χ2v) is 4.77. The average Bonchev–Trinajstić information content (AvgIpc) is 2.38. The molecule has 0 bridgehead atoms. The average molecular weight is 283 g/mol. The molecule has 0 saturated heterocycles. The number of anilines is 2. The first-order chi connectivity index (χ1) is 9.58. The standard InChI is InChI=1S/C13H25N5O2/c1-6-7-10(8-19-5)15-12-16-11(14-4)17-13(18-12)20-9(2)3/h9-10H,6-8H2,1-5H3,(H2,14,15,16,17,18). The largest absolute Gasteiger partial charge is 0.461 e. The van der Waals surface area contributed by atoms with Gasteiger partial charge in [0.1, 0.15) is 0 Å². The molecule has 1 rings (SSSR count). The minimum Gasteiger partial charge on any atom is -0.461 e. The van der Waals surface area contributed by atoms with Crippen molar-refractivity contribution in [2.75, 3.05) is 31.4 Å². The van der Waals surface area contributed by atoms with Crippen molar-refractivity contribution in [3.63, 3.8) is 0 Å². The maximum Gasteiger partial charge on any atom is 0.323 e. The minimum absolute atomic E-state index is 0.0142. The van der Waals surface area contributed by atoms with Gasteiger partial charge in [-0.05, 0) is 20.3 Å². The molecule has 1 unspecified atom stereocenters. The second-order valence-electron chi connectivity index (χ2n) is 4.77. The molecule has 0 fully saturated rings. The van der Waals surface area contributed by atoms with E-state index in [-0.39, 0.29) is 12.1 Å². The molecule has 1 aromatic heterocycles. The Morgan fingerprint density at radius 3 is 2.40 bits per heavy atom. The van der Waals surface area contributed by atoms with Crippen molar-refractivity contribution in [2.24, 2.45) is 0 Å². The fourth-order valence-electron chi connectivity index (χ4n) is 1.73. The normalized spacial score (nSPS) is 12.3. The fraction of sp³-hybridized carbons (Fsp3) is 0.769. The Morgan fingerprint density at radius 2 is 1.85 bits per heavy atom. The maximum absolute atomic E-state index is 5.53. The molecule has 0 aliphatic heterocycles. The summed E-state index contributed by atoms with van der Waals surface area (Å²) in [6, 6.07) is 0.485. The summed E-state index contributed by atoms with van der Waals surface area (Å²) in [6.45, 7) is 6.60. The molecule has 2 N–H and O–H groups in total.